The molecular formula is C29H41F3N6O5. The maximum absolute atomic E-state index is 13.3. The number of carbonyl (C=O) groups is 4. The van der Waals surface area contributed by atoms with Crippen LogP contribution < -0.4 is 16.0 Å². The zero-order chi connectivity index (χ0) is 31.6. The molecule has 0 saturated carbocycles. The summed E-state index contributed by atoms with van der Waals surface area (Å²) in [5, 5.41) is 24.6. The van der Waals surface area contributed by atoms with Crippen LogP contribution in [-0.2, 0) is 27.3 Å². The fourth-order valence-corrected chi connectivity index (χ4v) is 4.27. The van der Waals surface area contributed by atoms with Crippen molar-refractivity contribution in [2.45, 2.75) is 84.1 Å². The summed E-state index contributed by atoms with van der Waals surface area (Å²) in [6.45, 7) is 2.65. The van der Waals surface area contributed by atoms with Gasteiger partial charge in [-0.2, -0.15) is 0 Å². The normalized spacial score (nSPS) is 11.6. The lowest BCUT2D eigenvalue weighted by Gasteiger charge is -2.10. The highest BCUT2D eigenvalue weighted by molar-refractivity contribution is 5.94. The molecule has 43 heavy (non-hydrogen) atoms. The number of hydrogen-bond donors (Lipinski definition) is 4. The number of rotatable bonds is 21. The van der Waals surface area contributed by atoms with Gasteiger partial charge in [-0.15, -0.1) is 5.10 Å². The van der Waals surface area contributed by atoms with E-state index >= 15 is 0 Å². The van der Waals surface area contributed by atoms with Crippen LogP contribution >= 0.6 is 0 Å². The van der Waals surface area contributed by atoms with Gasteiger partial charge in [-0.05, 0) is 31.4 Å². The zero-order valence-electron chi connectivity index (χ0n) is 24.5. The monoisotopic (exact) mass is 610 g/mol. The number of nitrogens with one attached hydrogen (secondary N) is 3. The third kappa shape index (κ3) is 14.2. The quantitative estimate of drug-likeness (QED) is 0.125. The summed E-state index contributed by atoms with van der Waals surface area (Å²) in [6.07, 6.45) is 10.5. The van der Waals surface area contributed by atoms with Gasteiger partial charge >= 0.3 is 5.97 Å². The smallest absolute Gasteiger partial charge is 0.303 e. The van der Waals surface area contributed by atoms with Crippen molar-refractivity contribution >= 4 is 23.7 Å². The molecule has 0 saturated heterocycles. The van der Waals surface area contributed by atoms with Crippen molar-refractivity contribution in [1.29, 1.82) is 0 Å². The first-order valence-corrected chi connectivity index (χ1v) is 14.6. The highest BCUT2D eigenvalue weighted by Crippen LogP contribution is 2.14. The summed E-state index contributed by atoms with van der Waals surface area (Å²) in [5.74, 6) is -6.79. The van der Waals surface area contributed by atoms with E-state index in [9.17, 15) is 32.3 Å². The van der Waals surface area contributed by atoms with Gasteiger partial charge in [0.15, 0.2) is 17.5 Å². The van der Waals surface area contributed by atoms with Gasteiger partial charge in [-0.1, -0.05) is 50.7 Å². The molecule has 0 aliphatic rings. The number of carbonyl (C=O) groups excluding carboxylic acids is 3. The average molecular weight is 611 g/mol. The van der Waals surface area contributed by atoms with Crippen LogP contribution in [0, 0.1) is 23.4 Å². The molecule has 1 aromatic carbocycles. The van der Waals surface area contributed by atoms with E-state index in [-0.39, 0.29) is 49.4 Å². The summed E-state index contributed by atoms with van der Waals surface area (Å²) in [4.78, 5) is 47.0. The molecule has 1 unspecified atom stereocenters. The average Bonchev–Trinajstić information content (AvgIpc) is 3.39. The minimum absolute atomic E-state index is 0.0764. The number of aromatic nitrogens is 3. The molecule has 4 N–H and O–H groups in total. The lowest BCUT2D eigenvalue weighted by atomic mass is 10.0. The number of aliphatic carboxylic acids is 1. The van der Waals surface area contributed by atoms with Crippen LogP contribution in [-0.4, -0.2) is 63.4 Å². The highest BCUT2D eigenvalue weighted by Gasteiger charge is 2.16. The Morgan fingerprint density at radius 2 is 1.42 bits per heavy atom. The second-order valence-electron chi connectivity index (χ2n) is 10.5. The van der Waals surface area contributed by atoms with E-state index in [4.69, 9.17) is 5.11 Å². The van der Waals surface area contributed by atoms with Crippen molar-refractivity contribution in [3.8, 4) is 0 Å². The molecule has 0 fully saturated rings. The molecule has 0 radical (unpaired) electrons. The van der Waals surface area contributed by atoms with E-state index in [1.54, 1.807) is 13.1 Å². The van der Waals surface area contributed by atoms with Crippen LogP contribution in [0.4, 0.5) is 13.2 Å². The van der Waals surface area contributed by atoms with Gasteiger partial charge in [0.1, 0.15) is 6.54 Å². The minimum Gasteiger partial charge on any atom is -0.481 e. The van der Waals surface area contributed by atoms with E-state index < -0.39 is 29.3 Å². The van der Waals surface area contributed by atoms with Gasteiger partial charge in [-0.25, -0.2) is 17.9 Å². The number of carboxylic acid groups (broad SMARTS) is 1. The van der Waals surface area contributed by atoms with E-state index in [2.05, 4.69) is 26.3 Å². The van der Waals surface area contributed by atoms with Crippen molar-refractivity contribution in [2.75, 3.05) is 19.6 Å². The Balaban J connectivity index is 1.54. The van der Waals surface area contributed by atoms with Crippen molar-refractivity contribution in [2.24, 2.45) is 5.92 Å². The third-order valence-electron chi connectivity index (χ3n) is 6.68. The predicted octanol–water partition coefficient (Wildman–Crippen LogP) is 3.52. The van der Waals surface area contributed by atoms with Crippen LogP contribution in [0.25, 0.3) is 0 Å². The number of amides is 3. The Hall–Kier alpha value is -3.97. The summed E-state index contributed by atoms with van der Waals surface area (Å²) in [5.41, 5.74) is 0.232. The van der Waals surface area contributed by atoms with Crippen LogP contribution in [0.1, 0.15) is 87.2 Å². The Labute approximate surface area is 249 Å². The van der Waals surface area contributed by atoms with Crippen LogP contribution in [0.15, 0.2) is 18.3 Å². The first kappa shape index (κ1) is 35.2. The molecule has 0 aliphatic heterocycles. The zero-order valence-corrected chi connectivity index (χ0v) is 24.5. The lowest BCUT2D eigenvalue weighted by molar-refractivity contribution is -0.137. The molecule has 2 rings (SSSR count). The number of nitrogens with zero attached hydrogens (tertiary/aromatic N) is 3. The van der Waals surface area contributed by atoms with Crippen molar-refractivity contribution in [3.63, 3.8) is 0 Å². The molecule has 0 spiro atoms. The van der Waals surface area contributed by atoms with E-state index in [0.717, 1.165) is 51.4 Å². The first-order chi connectivity index (χ1) is 20.6. The Morgan fingerprint density at radius 3 is 2.07 bits per heavy atom. The van der Waals surface area contributed by atoms with Crippen LogP contribution in [0.3, 0.4) is 0 Å². The summed E-state index contributed by atoms with van der Waals surface area (Å²) < 4.78 is 40.9. The maximum atomic E-state index is 13.3. The number of halogens is 3. The molecule has 0 bridgehead atoms. The number of hydrogen-bond acceptors (Lipinski definition) is 6. The van der Waals surface area contributed by atoms with Crippen molar-refractivity contribution in [3.05, 3.63) is 47.0 Å². The SMILES string of the molecule is CC(Cc1cn(CC(=O)NCCCNC(=O)c2cc(F)c(F)c(F)c2)nn1)C(=O)NCCCCCCCCCCC(=O)O. The topological polar surface area (TPSA) is 155 Å². The third-order valence-corrected chi connectivity index (χ3v) is 6.68. The molecule has 0 aliphatic carbocycles. The second-order valence-corrected chi connectivity index (χ2v) is 10.5. The first-order valence-electron chi connectivity index (χ1n) is 14.6. The van der Waals surface area contributed by atoms with Crippen molar-refractivity contribution in [1.82, 2.24) is 30.9 Å². The highest BCUT2D eigenvalue weighted by atomic mass is 19.2. The second kappa shape index (κ2) is 19.3. The van der Waals surface area contributed by atoms with Crippen LogP contribution in [0.2, 0.25) is 0 Å². The largest absolute Gasteiger partial charge is 0.481 e. The standard InChI is InChI=1S/C29H41F3N6O5/c1-20(28(42)34-12-9-7-5-3-2-4-6-8-11-26(40)41)15-22-18-38(37-36-22)19-25(39)33-13-10-14-35-29(43)21-16-23(30)27(32)24(31)17-21/h16-18,20H,2-15,19H2,1H3,(H,33,39)(H,34,42)(H,35,43)(H,40,41). The molecular weight excluding hydrogens is 569 g/mol. The van der Waals surface area contributed by atoms with E-state index in [1.165, 1.54) is 4.68 Å². The molecule has 238 valence electrons. The maximum Gasteiger partial charge on any atom is 0.303 e. The molecule has 11 nitrogen and oxygen atoms in total. The summed E-state index contributed by atoms with van der Waals surface area (Å²) in [7, 11) is 0. The molecule has 1 atom stereocenters. The van der Waals surface area contributed by atoms with Gasteiger partial charge in [0, 0.05) is 50.2 Å². The molecule has 2 aromatic rings. The molecule has 1 heterocycles. The molecule has 14 heteroatoms. The Morgan fingerprint density at radius 1 is 0.837 bits per heavy atom. The van der Waals surface area contributed by atoms with E-state index in [0.29, 0.717) is 37.2 Å². The van der Waals surface area contributed by atoms with Gasteiger partial charge in [-0.3, -0.25) is 19.2 Å². The molecule has 3 amide bonds. The van der Waals surface area contributed by atoms with Gasteiger partial charge < -0.3 is 21.1 Å². The number of carboxylic acids is 1. The fraction of sp³-hybridized carbons (Fsp3) is 0.586. The van der Waals surface area contributed by atoms with E-state index in [1.807, 2.05) is 0 Å². The fourth-order valence-electron chi connectivity index (χ4n) is 4.27. The van der Waals surface area contributed by atoms with Crippen LogP contribution in [0.5, 0.6) is 0 Å². The van der Waals surface area contributed by atoms with Crippen molar-refractivity contribution < 1.29 is 37.5 Å². The Bertz CT molecular complexity index is 1190. The van der Waals surface area contributed by atoms with Gasteiger partial charge in [0.25, 0.3) is 5.91 Å². The summed E-state index contributed by atoms with van der Waals surface area (Å²) in [6, 6.07) is 1.22. The van der Waals surface area contributed by atoms with Gasteiger partial charge in [0.2, 0.25) is 11.8 Å². The Kier molecular flexibility index (Phi) is 15.8. The predicted molar refractivity (Wildman–Crippen MR) is 151 cm³/mol. The lowest BCUT2D eigenvalue weighted by Crippen LogP contribution is -2.32. The minimum atomic E-state index is -1.65. The summed E-state index contributed by atoms with van der Waals surface area (Å²) >= 11 is 0. The number of unbranched alkanes of at least 4 members (excludes halogenated alkanes) is 7. The van der Waals surface area contributed by atoms with Gasteiger partial charge in [0.05, 0.1) is 5.69 Å². The molecule has 1 aromatic heterocycles. The number of benzene rings is 1.